The molecule has 0 spiro atoms. The molecule has 0 rings (SSSR count). The number of hydrogen-bond acceptors (Lipinski definition) is 3. The molecular formula is C6H12O3. The van der Waals surface area contributed by atoms with E-state index in [0.717, 1.165) is 6.42 Å². The molecule has 0 aliphatic carbocycles. The Hall–Kier alpha value is -0.570. The molecule has 1 atom stereocenters. The molecule has 3 nitrogen and oxygen atoms in total. The molecular weight excluding hydrogens is 120 g/mol. The summed E-state index contributed by atoms with van der Waals surface area (Å²) in [5.74, 6) is -0.407. The minimum absolute atomic E-state index is 0.00565. The van der Waals surface area contributed by atoms with Gasteiger partial charge in [0.2, 0.25) is 0 Å². The Bertz CT molecular complexity index is 90.3. The summed E-state index contributed by atoms with van der Waals surface area (Å²) in [6.07, 6.45) is 0.835. The number of carbonyl (C=O) groups is 1. The van der Waals surface area contributed by atoms with Crippen molar-refractivity contribution in [1.82, 2.24) is 0 Å². The van der Waals surface area contributed by atoms with Crippen LogP contribution in [-0.4, -0.2) is 12.1 Å². The molecule has 0 aliphatic rings. The summed E-state index contributed by atoms with van der Waals surface area (Å²) in [5.41, 5.74) is 0. The first kappa shape index (κ1) is 8.43. The maximum Gasteiger partial charge on any atom is 0.339 e. The van der Waals surface area contributed by atoms with Crippen molar-refractivity contribution in [2.24, 2.45) is 0 Å². The van der Waals surface area contributed by atoms with Crippen molar-refractivity contribution in [3.8, 4) is 0 Å². The maximum absolute atomic E-state index is 10.1. The van der Waals surface area contributed by atoms with Gasteiger partial charge < -0.3 is 0 Å². The van der Waals surface area contributed by atoms with Gasteiger partial charge in [-0.3, -0.25) is 4.89 Å². The molecule has 0 N–H and O–H groups in total. The summed E-state index contributed by atoms with van der Waals surface area (Å²) < 4.78 is 0. The monoisotopic (exact) mass is 132 g/mol. The van der Waals surface area contributed by atoms with Crippen LogP contribution in [-0.2, 0) is 14.6 Å². The lowest BCUT2D eigenvalue weighted by molar-refractivity contribution is -0.293. The van der Waals surface area contributed by atoms with Gasteiger partial charge in [0.25, 0.3) is 0 Å². The van der Waals surface area contributed by atoms with E-state index in [0.29, 0.717) is 0 Å². The Morgan fingerprint density at radius 2 is 2.22 bits per heavy atom. The van der Waals surface area contributed by atoms with E-state index < -0.39 is 5.97 Å². The molecule has 3 heteroatoms. The first-order chi connectivity index (χ1) is 4.16. The minimum atomic E-state index is -0.407. The molecule has 0 fully saturated rings. The second kappa shape index (κ2) is 4.32. The van der Waals surface area contributed by atoms with E-state index >= 15 is 0 Å². The first-order valence-corrected chi connectivity index (χ1v) is 3.00. The smallest absolute Gasteiger partial charge is 0.298 e. The van der Waals surface area contributed by atoms with Crippen LogP contribution in [0.4, 0.5) is 0 Å². The maximum atomic E-state index is 10.1. The lowest BCUT2D eigenvalue weighted by atomic mass is 10.3. The van der Waals surface area contributed by atoms with Gasteiger partial charge in [0.05, 0.1) is 0 Å². The van der Waals surface area contributed by atoms with E-state index in [4.69, 9.17) is 0 Å². The van der Waals surface area contributed by atoms with Crippen molar-refractivity contribution in [1.29, 1.82) is 0 Å². The minimum Gasteiger partial charge on any atom is -0.298 e. The van der Waals surface area contributed by atoms with Gasteiger partial charge >= 0.3 is 5.97 Å². The molecule has 0 heterocycles. The highest BCUT2D eigenvalue weighted by Crippen LogP contribution is 1.95. The van der Waals surface area contributed by atoms with Crippen LogP contribution >= 0.6 is 0 Å². The molecule has 0 saturated heterocycles. The summed E-state index contributed by atoms with van der Waals surface area (Å²) in [6.45, 7) is 5.10. The zero-order valence-electron chi connectivity index (χ0n) is 6.01. The lowest BCUT2D eigenvalue weighted by Gasteiger charge is -2.05. The Labute approximate surface area is 54.9 Å². The third-order valence-corrected chi connectivity index (χ3v) is 0.905. The van der Waals surface area contributed by atoms with E-state index in [2.05, 4.69) is 9.78 Å². The Kier molecular flexibility index (Phi) is 4.05. The molecule has 1 unspecified atom stereocenters. The van der Waals surface area contributed by atoms with Crippen LogP contribution in [0.25, 0.3) is 0 Å². The fourth-order valence-electron chi connectivity index (χ4n) is 0.218. The van der Waals surface area contributed by atoms with Crippen molar-refractivity contribution < 1.29 is 14.6 Å². The van der Waals surface area contributed by atoms with E-state index in [-0.39, 0.29) is 6.10 Å². The van der Waals surface area contributed by atoms with Crippen molar-refractivity contribution in [2.75, 3.05) is 0 Å². The second-order valence-electron chi connectivity index (χ2n) is 1.89. The van der Waals surface area contributed by atoms with Crippen LogP contribution in [0.2, 0.25) is 0 Å². The van der Waals surface area contributed by atoms with Crippen LogP contribution in [0.3, 0.4) is 0 Å². The summed E-state index contributed by atoms with van der Waals surface area (Å²) in [6, 6.07) is 0. The van der Waals surface area contributed by atoms with Gasteiger partial charge in [-0.2, -0.15) is 4.89 Å². The van der Waals surface area contributed by atoms with Gasteiger partial charge in [0.15, 0.2) is 0 Å². The second-order valence-corrected chi connectivity index (χ2v) is 1.89. The quantitative estimate of drug-likeness (QED) is 0.428. The highest BCUT2D eigenvalue weighted by Gasteiger charge is 2.00. The van der Waals surface area contributed by atoms with E-state index in [1.807, 2.05) is 13.8 Å². The molecule has 54 valence electrons. The Morgan fingerprint density at radius 3 is 2.56 bits per heavy atom. The van der Waals surface area contributed by atoms with Gasteiger partial charge in [0.1, 0.15) is 6.10 Å². The molecule has 0 saturated carbocycles. The zero-order valence-corrected chi connectivity index (χ0v) is 6.01. The van der Waals surface area contributed by atoms with Gasteiger partial charge in [-0.1, -0.05) is 6.92 Å². The number of carbonyl (C=O) groups excluding carboxylic acids is 1. The van der Waals surface area contributed by atoms with Gasteiger partial charge in [0, 0.05) is 6.92 Å². The summed E-state index contributed by atoms with van der Waals surface area (Å²) in [7, 11) is 0. The Balaban J connectivity index is 3.16. The SMILES string of the molecule is CCC(C)OOC(C)=O. The Morgan fingerprint density at radius 1 is 1.67 bits per heavy atom. The first-order valence-electron chi connectivity index (χ1n) is 3.00. The topological polar surface area (TPSA) is 35.5 Å². The van der Waals surface area contributed by atoms with E-state index in [1.165, 1.54) is 6.92 Å². The van der Waals surface area contributed by atoms with Crippen molar-refractivity contribution in [2.45, 2.75) is 33.3 Å². The fourth-order valence-corrected chi connectivity index (χ4v) is 0.218. The van der Waals surface area contributed by atoms with Crippen molar-refractivity contribution in [3.05, 3.63) is 0 Å². The predicted molar refractivity (Wildman–Crippen MR) is 32.6 cm³/mol. The molecule has 0 radical (unpaired) electrons. The van der Waals surface area contributed by atoms with E-state index in [1.54, 1.807) is 0 Å². The largest absolute Gasteiger partial charge is 0.339 e. The summed E-state index contributed by atoms with van der Waals surface area (Å²) in [4.78, 5) is 19.0. The van der Waals surface area contributed by atoms with Crippen molar-refractivity contribution in [3.63, 3.8) is 0 Å². The molecule has 0 amide bonds. The van der Waals surface area contributed by atoms with Crippen LogP contribution < -0.4 is 0 Å². The third-order valence-electron chi connectivity index (χ3n) is 0.905. The number of rotatable bonds is 3. The normalized spacial score (nSPS) is 12.8. The third kappa shape index (κ3) is 5.30. The molecule has 0 aromatic heterocycles. The average Bonchev–Trinajstić information content (AvgIpc) is 1.83. The summed E-state index contributed by atoms with van der Waals surface area (Å²) in [5, 5.41) is 0. The lowest BCUT2D eigenvalue weighted by Crippen LogP contribution is -2.09. The average molecular weight is 132 g/mol. The van der Waals surface area contributed by atoms with Crippen LogP contribution in [0, 0.1) is 0 Å². The van der Waals surface area contributed by atoms with Crippen molar-refractivity contribution >= 4 is 5.97 Å². The van der Waals surface area contributed by atoms with Crippen LogP contribution in [0.15, 0.2) is 0 Å². The number of hydrogen-bond donors (Lipinski definition) is 0. The van der Waals surface area contributed by atoms with Gasteiger partial charge in [-0.25, -0.2) is 4.79 Å². The molecule has 0 aromatic carbocycles. The fraction of sp³-hybridized carbons (Fsp3) is 0.833. The summed E-state index contributed by atoms with van der Waals surface area (Å²) >= 11 is 0. The van der Waals surface area contributed by atoms with Crippen LogP contribution in [0.5, 0.6) is 0 Å². The van der Waals surface area contributed by atoms with Gasteiger partial charge in [-0.15, -0.1) is 0 Å². The highest BCUT2D eigenvalue weighted by molar-refractivity contribution is 5.65. The molecule has 0 bridgehead atoms. The zero-order chi connectivity index (χ0) is 7.28. The molecule has 9 heavy (non-hydrogen) atoms. The standard InChI is InChI=1S/C6H12O3/c1-4-5(2)8-9-6(3)7/h5H,4H2,1-3H3. The highest BCUT2D eigenvalue weighted by atomic mass is 17.2. The van der Waals surface area contributed by atoms with Gasteiger partial charge in [-0.05, 0) is 13.3 Å². The predicted octanol–water partition coefficient (Wildman–Crippen LogP) is 1.28. The molecule has 0 aliphatic heterocycles. The molecule has 0 aromatic rings. The van der Waals surface area contributed by atoms with E-state index in [9.17, 15) is 4.79 Å². The van der Waals surface area contributed by atoms with Crippen LogP contribution in [0.1, 0.15) is 27.2 Å².